The second-order valence-electron chi connectivity index (χ2n) is 7.00. The average Bonchev–Trinajstić information content (AvgIpc) is 2.73. The molecule has 3 aromatic rings. The van der Waals surface area contributed by atoms with Crippen molar-refractivity contribution in [3.8, 4) is 5.75 Å². The number of nitrogens with one attached hydrogen (secondary N) is 1. The summed E-state index contributed by atoms with van der Waals surface area (Å²) in [7, 11) is 4.00. The zero-order valence-corrected chi connectivity index (χ0v) is 16.3. The number of likely N-dealkylation sites (N-methyl/N-ethyl adjacent to an activating group) is 1. The first-order valence-electron chi connectivity index (χ1n) is 9.39. The predicted molar refractivity (Wildman–Crippen MR) is 112 cm³/mol. The van der Waals surface area contributed by atoms with E-state index >= 15 is 0 Å². The molecule has 1 amide bonds. The molecule has 0 saturated heterocycles. The molecule has 0 aliphatic rings. The zero-order valence-electron chi connectivity index (χ0n) is 16.3. The molecule has 0 aliphatic carbocycles. The number of hydrogen-bond acceptors (Lipinski definition) is 3. The van der Waals surface area contributed by atoms with Crippen LogP contribution in [0.2, 0.25) is 0 Å². The van der Waals surface area contributed by atoms with E-state index in [0.29, 0.717) is 12.2 Å². The summed E-state index contributed by atoms with van der Waals surface area (Å²) in [6.07, 6.45) is 0. The Labute approximate surface area is 166 Å². The van der Waals surface area contributed by atoms with Crippen molar-refractivity contribution in [2.45, 2.75) is 12.6 Å². The molecule has 144 valence electrons. The molecule has 0 heterocycles. The third-order valence-corrected chi connectivity index (χ3v) is 4.42. The minimum atomic E-state index is -0.0923. The van der Waals surface area contributed by atoms with E-state index in [0.717, 1.165) is 23.4 Å². The maximum absolute atomic E-state index is 12.7. The van der Waals surface area contributed by atoms with E-state index in [4.69, 9.17) is 4.74 Å². The van der Waals surface area contributed by atoms with Crippen molar-refractivity contribution in [3.63, 3.8) is 0 Å². The number of carbonyl (C=O) groups is 1. The highest BCUT2D eigenvalue weighted by atomic mass is 16.5. The molecule has 3 aromatic carbocycles. The fourth-order valence-electron chi connectivity index (χ4n) is 2.97. The minimum Gasteiger partial charge on any atom is -0.489 e. The largest absolute Gasteiger partial charge is 0.489 e. The number of amides is 1. The molecule has 3 rings (SSSR count). The second-order valence-corrected chi connectivity index (χ2v) is 7.00. The molecule has 0 spiro atoms. The highest BCUT2D eigenvalue weighted by Gasteiger charge is 2.16. The quantitative estimate of drug-likeness (QED) is 0.639. The van der Waals surface area contributed by atoms with Crippen LogP contribution in [0.15, 0.2) is 84.9 Å². The smallest absolute Gasteiger partial charge is 0.251 e. The van der Waals surface area contributed by atoms with Crippen LogP contribution in [0.5, 0.6) is 5.75 Å². The second kappa shape index (κ2) is 9.72. The number of benzene rings is 3. The van der Waals surface area contributed by atoms with E-state index in [1.807, 2.05) is 86.9 Å². The molecule has 1 N–H and O–H groups in total. The van der Waals surface area contributed by atoms with Gasteiger partial charge < -0.3 is 15.0 Å². The molecule has 0 aliphatic heterocycles. The van der Waals surface area contributed by atoms with Crippen LogP contribution in [0.3, 0.4) is 0 Å². The molecule has 4 nitrogen and oxygen atoms in total. The third-order valence-electron chi connectivity index (χ3n) is 4.42. The normalized spacial score (nSPS) is 11.8. The lowest BCUT2D eigenvalue weighted by Gasteiger charge is -2.23. The molecule has 4 heteroatoms. The SMILES string of the molecule is CN(C)C[C@@H](NC(=O)c1ccc(OCc2ccccc2)cc1)c1ccccc1. The molecule has 0 radical (unpaired) electrons. The lowest BCUT2D eigenvalue weighted by Crippen LogP contribution is -2.35. The van der Waals surface area contributed by atoms with Gasteiger partial charge >= 0.3 is 0 Å². The minimum absolute atomic E-state index is 0.0716. The summed E-state index contributed by atoms with van der Waals surface area (Å²) in [6.45, 7) is 1.24. The van der Waals surface area contributed by atoms with E-state index in [2.05, 4.69) is 10.2 Å². The third kappa shape index (κ3) is 5.69. The van der Waals surface area contributed by atoms with E-state index in [9.17, 15) is 4.79 Å². The molecular formula is C24H26N2O2. The Morgan fingerprint density at radius 1 is 0.893 bits per heavy atom. The Hall–Kier alpha value is -3.11. The van der Waals surface area contributed by atoms with Gasteiger partial charge in [0.15, 0.2) is 0 Å². The number of hydrogen-bond donors (Lipinski definition) is 1. The summed E-state index contributed by atoms with van der Waals surface area (Å²) in [4.78, 5) is 14.8. The summed E-state index contributed by atoms with van der Waals surface area (Å²) in [6, 6.07) is 27.2. The van der Waals surface area contributed by atoms with Gasteiger partial charge in [-0.1, -0.05) is 60.7 Å². The summed E-state index contributed by atoms with van der Waals surface area (Å²) in [5.74, 6) is 0.651. The number of ether oxygens (including phenoxy) is 1. The van der Waals surface area contributed by atoms with Gasteiger partial charge in [0, 0.05) is 12.1 Å². The van der Waals surface area contributed by atoms with Crippen molar-refractivity contribution < 1.29 is 9.53 Å². The van der Waals surface area contributed by atoms with Crippen molar-refractivity contribution in [1.29, 1.82) is 0 Å². The molecule has 1 atom stereocenters. The fraction of sp³-hybridized carbons (Fsp3) is 0.208. The van der Waals surface area contributed by atoms with Crippen molar-refractivity contribution in [2.24, 2.45) is 0 Å². The van der Waals surface area contributed by atoms with Gasteiger partial charge in [-0.25, -0.2) is 0 Å². The monoisotopic (exact) mass is 374 g/mol. The molecule has 0 fully saturated rings. The number of rotatable bonds is 8. The van der Waals surface area contributed by atoms with Crippen LogP contribution in [0.1, 0.15) is 27.5 Å². The van der Waals surface area contributed by atoms with Crippen molar-refractivity contribution in [3.05, 3.63) is 102 Å². The predicted octanol–water partition coefficient (Wildman–Crippen LogP) is 4.30. The Bertz CT molecular complexity index is 862. The Morgan fingerprint density at radius 2 is 1.50 bits per heavy atom. The maximum Gasteiger partial charge on any atom is 0.251 e. The van der Waals surface area contributed by atoms with Crippen molar-refractivity contribution >= 4 is 5.91 Å². The van der Waals surface area contributed by atoms with Gasteiger partial charge in [-0.05, 0) is 49.5 Å². The van der Waals surface area contributed by atoms with Crippen LogP contribution in [0, 0.1) is 0 Å². The van der Waals surface area contributed by atoms with Crippen LogP contribution >= 0.6 is 0 Å². The van der Waals surface area contributed by atoms with E-state index < -0.39 is 0 Å². The standard InChI is InChI=1S/C24H26N2O2/c1-26(2)17-23(20-11-7-4-8-12-20)25-24(27)21-13-15-22(16-14-21)28-18-19-9-5-3-6-10-19/h3-16,23H,17-18H2,1-2H3,(H,25,27)/t23-/m1/s1. The zero-order chi connectivity index (χ0) is 19.8. The van der Waals surface area contributed by atoms with Gasteiger partial charge in [-0.3, -0.25) is 4.79 Å². The van der Waals surface area contributed by atoms with Crippen LogP contribution < -0.4 is 10.1 Å². The van der Waals surface area contributed by atoms with Gasteiger partial charge in [-0.15, -0.1) is 0 Å². The fourth-order valence-corrected chi connectivity index (χ4v) is 2.97. The van der Waals surface area contributed by atoms with Crippen LogP contribution in [-0.2, 0) is 6.61 Å². The number of nitrogens with zero attached hydrogens (tertiary/aromatic N) is 1. The molecular weight excluding hydrogens is 348 g/mol. The van der Waals surface area contributed by atoms with Crippen LogP contribution in [0.25, 0.3) is 0 Å². The first-order valence-corrected chi connectivity index (χ1v) is 9.39. The summed E-state index contributed by atoms with van der Waals surface area (Å²) < 4.78 is 5.79. The van der Waals surface area contributed by atoms with Gasteiger partial charge in [-0.2, -0.15) is 0 Å². The van der Waals surface area contributed by atoms with E-state index in [1.165, 1.54) is 0 Å². The Balaban J connectivity index is 1.62. The van der Waals surface area contributed by atoms with Gasteiger partial charge in [0.1, 0.15) is 12.4 Å². The van der Waals surface area contributed by atoms with Gasteiger partial charge in [0.05, 0.1) is 6.04 Å². The lowest BCUT2D eigenvalue weighted by molar-refractivity contribution is 0.0930. The van der Waals surface area contributed by atoms with Gasteiger partial charge in [0.2, 0.25) is 0 Å². The number of carbonyl (C=O) groups excluding carboxylic acids is 1. The van der Waals surface area contributed by atoms with Crippen molar-refractivity contribution in [1.82, 2.24) is 10.2 Å². The lowest BCUT2D eigenvalue weighted by atomic mass is 10.1. The first kappa shape index (κ1) is 19.6. The van der Waals surface area contributed by atoms with Crippen LogP contribution in [0.4, 0.5) is 0 Å². The Morgan fingerprint density at radius 3 is 2.11 bits per heavy atom. The summed E-state index contributed by atoms with van der Waals surface area (Å²) >= 11 is 0. The maximum atomic E-state index is 12.7. The highest BCUT2D eigenvalue weighted by molar-refractivity contribution is 5.94. The molecule has 0 aromatic heterocycles. The Kier molecular flexibility index (Phi) is 6.82. The summed E-state index contributed by atoms with van der Waals surface area (Å²) in [5.41, 5.74) is 2.82. The van der Waals surface area contributed by atoms with Crippen LogP contribution in [-0.4, -0.2) is 31.4 Å². The topological polar surface area (TPSA) is 41.6 Å². The van der Waals surface area contributed by atoms with Crippen molar-refractivity contribution in [2.75, 3.05) is 20.6 Å². The molecule has 0 unspecified atom stereocenters. The molecule has 28 heavy (non-hydrogen) atoms. The average molecular weight is 374 g/mol. The van der Waals surface area contributed by atoms with E-state index in [-0.39, 0.29) is 11.9 Å². The molecule has 0 bridgehead atoms. The molecule has 0 saturated carbocycles. The van der Waals surface area contributed by atoms with Gasteiger partial charge in [0.25, 0.3) is 5.91 Å². The summed E-state index contributed by atoms with van der Waals surface area (Å²) in [5, 5.41) is 3.14. The first-order chi connectivity index (χ1) is 13.6. The highest BCUT2D eigenvalue weighted by Crippen LogP contribution is 2.17. The van der Waals surface area contributed by atoms with E-state index in [1.54, 1.807) is 12.1 Å².